The molecule has 5 aromatic carbocycles. The second-order valence-corrected chi connectivity index (χ2v) is 12.0. The molecule has 0 amide bonds. The second kappa shape index (κ2) is 10.4. The lowest BCUT2D eigenvalue weighted by atomic mass is 9.55. The summed E-state index contributed by atoms with van der Waals surface area (Å²) in [5, 5.41) is 6.87. The monoisotopic (exact) mass is 546 g/mol. The summed E-state index contributed by atoms with van der Waals surface area (Å²) in [5.74, 6) is 0.670. The zero-order valence-electron chi connectivity index (χ0n) is 24.9. The van der Waals surface area contributed by atoms with Crippen LogP contribution < -0.4 is 10.6 Å². The largest absolute Gasteiger partial charge is 0.388 e. The molecule has 0 bridgehead atoms. The third-order valence-electron chi connectivity index (χ3n) is 9.63. The number of fused-ring (bicyclic) bond motifs is 4. The molecule has 1 atom stereocenters. The maximum absolute atomic E-state index is 3.44. The van der Waals surface area contributed by atoms with Crippen LogP contribution in [0.5, 0.6) is 0 Å². The molecule has 2 nitrogen and oxygen atoms in total. The number of benzene rings is 5. The Hall–Kier alpha value is -4.56. The van der Waals surface area contributed by atoms with E-state index >= 15 is 0 Å². The molecule has 0 heterocycles. The maximum Gasteiger partial charge on any atom is 0.0415 e. The predicted octanol–water partition coefficient (Wildman–Crippen LogP) is 9.80. The SMILES string of the molecule is CNc1ccc2c(c1)C(C(c1ccccc1)(c1ccccc1)C1C=Cc3c(C(C)C)cccc31)c1cc(NC)ccc1-2. The minimum atomic E-state index is -0.404. The first kappa shape index (κ1) is 26.3. The van der Waals surface area contributed by atoms with Crippen molar-refractivity contribution in [2.75, 3.05) is 24.7 Å². The van der Waals surface area contributed by atoms with Gasteiger partial charge >= 0.3 is 0 Å². The van der Waals surface area contributed by atoms with E-state index < -0.39 is 5.41 Å². The van der Waals surface area contributed by atoms with Crippen molar-refractivity contribution in [1.29, 1.82) is 0 Å². The normalized spacial score (nSPS) is 15.4. The number of hydrogen-bond donors (Lipinski definition) is 2. The molecule has 2 aliphatic carbocycles. The molecule has 0 saturated carbocycles. The van der Waals surface area contributed by atoms with Crippen LogP contribution in [0.2, 0.25) is 0 Å². The average molecular weight is 547 g/mol. The predicted molar refractivity (Wildman–Crippen MR) is 179 cm³/mol. The highest BCUT2D eigenvalue weighted by atomic mass is 14.8. The van der Waals surface area contributed by atoms with Crippen molar-refractivity contribution in [3.63, 3.8) is 0 Å². The first-order valence-corrected chi connectivity index (χ1v) is 15.1. The molecule has 1 unspecified atom stereocenters. The van der Waals surface area contributed by atoms with Gasteiger partial charge in [-0.15, -0.1) is 0 Å². The van der Waals surface area contributed by atoms with Gasteiger partial charge in [0, 0.05) is 42.7 Å². The molecule has 2 heteroatoms. The Kier molecular flexibility index (Phi) is 6.50. The summed E-state index contributed by atoms with van der Waals surface area (Å²) in [5.41, 5.74) is 14.2. The quantitative estimate of drug-likeness (QED) is 0.212. The fraction of sp³-hybridized carbons (Fsp3) is 0.200. The molecule has 208 valence electrons. The lowest BCUT2D eigenvalue weighted by Crippen LogP contribution is -2.40. The van der Waals surface area contributed by atoms with E-state index in [1.165, 1.54) is 50.1 Å². The van der Waals surface area contributed by atoms with E-state index in [2.05, 4.69) is 152 Å². The molecule has 2 N–H and O–H groups in total. The molecule has 0 saturated heterocycles. The van der Waals surface area contributed by atoms with Crippen LogP contribution in [0.3, 0.4) is 0 Å². The smallest absolute Gasteiger partial charge is 0.0415 e. The summed E-state index contributed by atoms with van der Waals surface area (Å²) in [6.45, 7) is 4.61. The van der Waals surface area contributed by atoms with Crippen LogP contribution >= 0.6 is 0 Å². The zero-order chi connectivity index (χ0) is 28.8. The Labute approximate surface area is 250 Å². The van der Waals surface area contributed by atoms with Gasteiger partial charge in [0.2, 0.25) is 0 Å². The number of anilines is 2. The standard InChI is InChI=1S/C40H38N2/c1-26(2)31-16-11-17-35-32(31)22-23-38(35)40(27-12-7-5-8-13-27,28-14-9-6-10-15-28)39-36-24-29(41-3)18-20-33(36)34-21-19-30(42-4)25-37(34)39/h5-26,38-39,41-42H,1-4H3. The summed E-state index contributed by atoms with van der Waals surface area (Å²) in [7, 11) is 4.03. The van der Waals surface area contributed by atoms with Crippen LogP contribution in [0.25, 0.3) is 17.2 Å². The lowest BCUT2D eigenvalue weighted by molar-refractivity contribution is 0.417. The highest BCUT2D eigenvalue weighted by Gasteiger charge is 2.53. The van der Waals surface area contributed by atoms with Crippen molar-refractivity contribution in [2.45, 2.75) is 37.0 Å². The van der Waals surface area contributed by atoms with Crippen LogP contribution in [-0.4, -0.2) is 14.1 Å². The van der Waals surface area contributed by atoms with Crippen molar-refractivity contribution >= 4 is 17.5 Å². The number of hydrogen-bond acceptors (Lipinski definition) is 2. The van der Waals surface area contributed by atoms with Gasteiger partial charge in [0.25, 0.3) is 0 Å². The summed E-state index contributed by atoms with van der Waals surface area (Å²) >= 11 is 0. The molecule has 0 aromatic heterocycles. The highest BCUT2D eigenvalue weighted by Crippen LogP contribution is 2.63. The van der Waals surface area contributed by atoms with Crippen molar-refractivity contribution < 1.29 is 0 Å². The van der Waals surface area contributed by atoms with Crippen LogP contribution in [0, 0.1) is 0 Å². The number of allylic oxidation sites excluding steroid dienone is 1. The Morgan fingerprint density at radius 2 is 1.14 bits per heavy atom. The third-order valence-corrected chi connectivity index (χ3v) is 9.63. The van der Waals surface area contributed by atoms with Gasteiger partial charge in [-0.3, -0.25) is 0 Å². The Bertz CT molecular complexity index is 1690. The Morgan fingerprint density at radius 1 is 0.595 bits per heavy atom. The molecule has 0 radical (unpaired) electrons. The number of rotatable bonds is 7. The van der Waals surface area contributed by atoms with E-state index in [1.54, 1.807) is 0 Å². The van der Waals surface area contributed by atoms with E-state index in [4.69, 9.17) is 0 Å². The van der Waals surface area contributed by atoms with Gasteiger partial charge in [0.15, 0.2) is 0 Å². The molecule has 5 aromatic rings. The van der Waals surface area contributed by atoms with Gasteiger partial charge < -0.3 is 10.6 Å². The van der Waals surface area contributed by atoms with Gasteiger partial charge in [-0.05, 0) is 80.3 Å². The molecule has 2 aliphatic rings. The van der Waals surface area contributed by atoms with Crippen LogP contribution in [0.15, 0.2) is 121 Å². The van der Waals surface area contributed by atoms with E-state index in [0.717, 1.165) is 11.4 Å². The molecule has 42 heavy (non-hydrogen) atoms. The Morgan fingerprint density at radius 3 is 1.64 bits per heavy atom. The van der Waals surface area contributed by atoms with Gasteiger partial charge in [0.1, 0.15) is 0 Å². The van der Waals surface area contributed by atoms with Gasteiger partial charge in [-0.25, -0.2) is 0 Å². The molecule has 0 aliphatic heterocycles. The zero-order valence-corrected chi connectivity index (χ0v) is 24.9. The van der Waals surface area contributed by atoms with Crippen LogP contribution in [-0.2, 0) is 5.41 Å². The van der Waals surface area contributed by atoms with E-state index in [9.17, 15) is 0 Å². The fourth-order valence-electron chi connectivity index (χ4n) is 7.79. The molecular formula is C40H38N2. The Balaban J connectivity index is 1.63. The molecule has 0 fully saturated rings. The number of nitrogens with one attached hydrogen (secondary N) is 2. The van der Waals surface area contributed by atoms with E-state index in [-0.39, 0.29) is 11.8 Å². The van der Waals surface area contributed by atoms with E-state index in [0.29, 0.717) is 5.92 Å². The van der Waals surface area contributed by atoms with Gasteiger partial charge in [-0.1, -0.05) is 117 Å². The molecule has 0 spiro atoms. The summed E-state index contributed by atoms with van der Waals surface area (Å²) in [4.78, 5) is 0. The first-order chi connectivity index (χ1) is 20.6. The lowest BCUT2D eigenvalue weighted by Gasteiger charge is -2.46. The average Bonchev–Trinajstić information content (AvgIpc) is 3.62. The minimum Gasteiger partial charge on any atom is -0.388 e. The van der Waals surface area contributed by atoms with Crippen molar-refractivity contribution in [3.8, 4) is 11.1 Å². The second-order valence-electron chi connectivity index (χ2n) is 12.0. The van der Waals surface area contributed by atoms with Crippen LogP contribution in [0.4, 0.5) is 11.4 Å². The van der Waals surface area contributed by atoms with Crippen molar-refractivity contribution in [3.05, 3.63) is 160 Å². The maximum atomic E-state index is 3.44. The van der Waals surface area contributed by atoms with Gasteiger partial charge in [0.05, 0.1) is 0 Å². The molecule has 7 rings (SSSR count). The van der Waals surface area contributed by atoms with Crippen molar-refractivity contribution in [2.24, 2.45) is 0 Å². The third kappa shape index (κ3) is 3.85. The van der Waals surface area contributed by atoms with Crippen molar-refractivity contribution in [1.82, 2.24) is 0 Å². The summed E-state index contributed by atoms with van der Waals surface area (Å²) in [6, 6.07) is 43.3. The minimum absolute atomic E-state index is 0.0807. The molecular weight excluding hydrogens is 508 g/mol. The van der Waals surface area contributed by atoms with Gasteiger partial charge in [-0.2, -0.15) is 0 Å². The summed E-state index contributed by atoms with van der Waals surface area (Å²) in [6.07, 6.45) is 4.90. The van der Waals surface area contributed by atoms with E-state index in [1.807, 2.05) is 14.1 Å². The topological polar surface area (TPSA) is 24.1 Å². The summed E-state index contributed by atoms with van der Waals surface area (Å²) < 4.78 is 0. The van der Waals surface area contributed by atoms with Crippen LogP contribution in [0.1, 0.15) is 70.5 Å². The fourth-order valence-corrected chi connectivity index (χ4v) is 7.79. The first-order valence-electron chi connectivity index (χ1n) is 15.1. The highest BCUT2D eigenvalue weighted by molar-refractivity contribution is 5.85.